The minimum Gasteiger partial charge on any atom is -0.457 e. The zero-order chi connectivity index (χ0) is 17.9. The minimum atomic E-state index is -4.41. The smallest absolute Gasteiger partial charge is 0.416 e. The average Bonchev–Trinajstić information content (AvgIpc) is 3.08. The molecule has 2 nitrogen and oxygen atoms in total. The summed E-state index contributed by atoms with van der Waals surface area (Å²) in [6, 6.07) is 19.3. The van der Waals surface area contributed by atoms with E-state index in [4.69, 9.17) is 4.42 Å². The fourth-order valence-electron chi connectivity index (χ4n) is 2.37. The molecule has 3 rings (SSSR count). The van der Waals surface area contributed by atoms with Gasteiger partial charge >= 0.3 is 6.18 Å². The number of nitriles is 1. The molecule has 5 heteroatoms. The van der Waals surface area contributed by atoms with Gasteiger partial charge in [-0.2, -0.15) is 18.4 Å². The zero-order valence-corrected chi connectivity index (χ0v) is 12.9. The molecule has 0 radical (unpaired) electrons. The first-order chi connectivity index (χ1) is 12.0. The van der Waals surface area contributed by atoms with Crippen LogP contribution in [0.2, 0.25) is 0 Å². The lowest BCUT2D eigenvalue weighted by Gasteiger charge is -2.07. The van der Waals surface area contributed by atoms with Crippen molar-refractivity contribution in [2.75, 3.05) is 0 Å². The van der Waals surface area contributed by atoms with E-state index in [1.54, 1.807) is 36.4 Å². The molecule has 0 fully saturated rings. The van der Waals surface area contributed by atoms with Crippen LogP contribution in [0.1, 0.15) is 16.9 Å². The van der Waals surface area contributed by atoms with Crippen LogP contribution in [0.15, 0.2) is 71.1 Å². The van der Waals surface area contributed by atoms with Gasteiger partial charge in [-0.15, -0.1) is 0 Å². The fourth-order valence-corrected chi connectivity index (χ4v) is 2.37. The van der Waals surface area contributed by atoms with Crippen molar-refractivity contribution >= 4 is 11.6 Å². The highest BCUT2D eigenvalue weighted by Gasteiger charge is 2.30. The van der Waals surface area contributed by atoms with Crippen LogP contribution in [0.3, 0.4) is 0 Å². The summed E-state index contributed by atoms with van der Waals surface area (Å²) in [5, 5.41) is 9.31. The first-order valence-corrected chi connectivity index (χ1v) is 7.42. The van der Waals surface area contributed by atoms with Gasteiger partial charge in [-0.05, 0) is 35.9 Å². The molecule has 2 aromatic carbocycles. The molecule has 0 saturated heterocycles. The number of allylic oxidation sites excluding steroid dienone is 1. The Kier molecular flexibility index (Phi) is 4.44. The number of alkyl halides is 3. The van der Waals surface area contributed by atoms with Gasteiger partial charge in [0.15, 0.2) is 0 Å². The Balaban J connectivity index is 1.93. The second kappa shape index (κ2) is 6.70. The Hall–Kier alpha value is -3.26. The molecule has 0 N–H and O–H groups in total. The summed E-state index contributed by atoms with van der Waals surface area (Å²) in [5.41, 5.74) is 0.737. The third-order valence-electron chi connectivity index (χ3n) is 3.59. The third-order valence-corrected chi connectivity index (χ3v) is 3.59. The summed E-state index contributed by atoms with van der Waals surface area (Å²) in [4.78, 5) is 0. The molecule has 0 spiro atoms. The van der Waals surface area contributed by atoms with Crippen molar-refractivity contribution < 1.29 is 17.6 Å². The van der Waals surface area contributed by atoms with E-state index < -0.39 is 11.7 Å². The summed E-state index contributed by atoms with van der Waals surface area (Å²) in [5.74, 6) is 0.704. The first kappa shape index (κ1) is 16.6. The molecule has 1 heterocycles. The van der Waals surface area contributed by atoms with E-state index in [0.29, 0.717) is 22.7 Å². The average molecular weight is 339 g/mol. The predicted molar refractivity (Wildman–Crippen MR) is 89.1 cm³/mol. The fraction of sp³-hybridized carbons (Fsp3) is 0.0500. The quantitative estimate of drug-likeness (QED) is 0.546. The maximum absolute atomic E-state index is 12.8. The number of hydrogen-bond acceptors (Lipinski definition) is 2. The standard InChI is InChI=1S/C20H12F3NO/c21-20(22,23)17-8-4-7-15(11-17)19-10-9-18(25-19)12-16(13-24)14-5-2-1-3-6-14/h1-12H/b16-12-. The lowest BCUT2D eigenvalue weighted by molar-refractivity contribution is -0.137. The Labute approximate surface area is 142 Å². The molecule has 0 bridgehead atoms. The van der Waals surface area contributed by atoms with Crippen molar-refractivity contribution in [1.29, 1.82) is 5.26 Å². The van der Waals surface area contributed by atoms with Gasteiger partial charge in [-0.1, -0.05) is 42.5 Å². The molecule has 124 valence electrons. The molecular weight excluding hydrogens is 327 g/mol. The van der Waals surface area contributed by atoms with Gasteiger partial charge in [0.1, 0.15) is 11.5 Å². The second-order valence-electron chi connectivity index (χ2n) is 5.32. The Morgan fingerprint density at radius 3 is 2.40 bits per heavy atom. The summed E-state index contributed by atoms with van der Waals surface area (Å²) in [7, 11) is 0. The third kappa shape index (κ3) is 3.81. The zero-order valence-electron chi connectivity index (χ0n) is 12.9. The molecule has 0 saturated carbocycles. The monoisotopic (exact) mass is 339 g/mol. The summed E-state index contributed by atoms with van der Waals surface area (Å²) in [6.45, 7) is 0. The van der Waals surface area contributed by atoms with Gasteiger partial charge in [0.05, 0.1) is 17.2 Å². The molecule has 3 aromatic rings. The Morgan fingerprint density at radius 2 is 1.72 bits per heavy atom. The van der Waals surface area contributed by atoms with Gasteiger partial charge < -0.3 is 4.42 Å². The lowest BCUT2D eigenvalue weighted by Crippen LogP contribution is -2.04. The number of halogens is 3. The summed E-state index contributed by atoms with van der Waals surface area (Å²) >= 11 is 0. The molecule has 0 amide bonds. The van der Waals surface area contributed by atoms with Gasteiger partial charge in [-0.3, -0.25) is 0 Å². The predicted octanol–water partition coefficient (Wildman–Crippen LogP) is 6.03. The van der Waals surface area contributed by atoms with E-state index >= 15 is 0 Å². The van der Waals surface area contributed by atoms with E-state index in [9.17, 15) is 18.4 Å². The van der Waals surface area contributed by atoms with Crippen molar-refractivity contribution in [2.45, 2.75) is 6.18 Å². The molecular formula is C20H12F3NO. The summed E-state index contributed by atoms with van der Waals surface area (Å²) < 4.78 is 44.1. The van der Waals surface area contributed by atoms with Crippen molar-refractivity contribution in [3.05, 3.63) is 83.6 Å². The number of furan rings is 1. The van der Waals surface area contributed by atoms with Crippen LogP contribution >= 0.6 is 0 Å². The molecule has 1 aromatic heterocycles. The van der Waals surface area contributed by atoms with Gasteiger partial charge in [0, 0.05) is 5.56 Å². The SMILES string of the molecule is N#C/C(=C/c1ccc(-c2cccc(C(F)(F)F)c2)o1)c1ccccc1. The highest BCUT2D eigenvalue weighted by atomic mass is 19.4. The molecule has 0 aliphatic rings. The number of rotatable bonds is 3. The Morgan fingerprint density at radius 1 is 0.960 bits per heavy atom. The molecule has 0 aliphatic carbocycles. The van der Waals surface area contributed by atoms with Crippen LogP contribution in [0.5, 0.6) is 0 Å². The van der Waals surface area contributed by atoms with E-state index in [2.05, 4.69) is 6.07 Å². The van der Waals surface area contributed by atoms with E-state index in [1.165, 1.54) is 6.07 Å². The highest BCUT2D eigenvalue weighted by Crippen LogP contribution is 2.33. The molecule has 0 aliphatic heterocycles. The van der Waals surface area contributed by atoms with E-state index in [-0.39, 0.29) is 0 Å². The van der Waals surface area contributed by atoms with Crippen LogP contribution in [-0.2, 0) is 6.18 Å². The van der Waals surface area contributed by atoms with Gasteiger partial charge in [0.25, 0.3) is 0 Å². The minimum absolute atomic E-state index is 0.308. The second-order valence-corrected chi connectivity index (χ2v) is 5.32. The topological polar surface area (TPSA) is 36.9 Å². The molecule has 0 atom stereocenters. The Bertz CT molecular complexity index is 947. The van der Waals surface area contributed by atoms with E-state index in [1.807, 2.05) is 18.2 Å². The first-order valence-electron chi connectivity index (χ1n) is 7.42. The van der Waals surface area contributed by atoms with Crippen LogP contribution in [0, 0.1) is 11.3 Å². The summed E-state index contributed by atoms with van der Waals surface area (Å²) in [6.07, 6.45) is -2.85. The lowest BCUT2D eigenvalue weighted by atomic mass is 10.1. The van der Waals surface area contributed by atoms with Crippen LogP contribution in [0.25, 0.3) is 23.0 Å². The normalized spacial score (nSPS) is 12.0. The maximum Gasteiger partial charge on any atom is 0.416 e. The molecule has 0 unspecified atom stereocenters. The van der Waals surface area contributed by atoms with Crippen LogP contribution in [-0.4, -0.2) is 0 Å². The number of benzene rings is 2. The number of hydrogen-bond donors (Lipinski definition) is 0. The van der Waals surface area contributed by atoms with Crippen molar-refractivity contribution in [1.82, 2.24) is 0 Å². The van der Waals surface area contributed by atoms with Crippen molar-refractivity contribution in [3.63, 3.8) is 0 Å². The highest BCUT2D eigenvalue weighted by molar-refractivity contribution is 5.88. The van der Waals surface area contributed by atoms with Gasteiger partial charge in [0.2, 0.25) is 0 Å². The van der Waals surface area contributed by atoms with Crippen LogP contribution in [0.4, 0.5) is 13.2 Å². The maximum atomic E-state index is 12.8. The van der Waals surface area contributed by atoms with E-state index in [0.717, 1.165) is 17.7 Å². The van der Waals surface area contributed by atoms with Crippen molar-refractivity contribution in [3.8, 4) is 17.4 Å². The van der Waals surface area contributed by atoms with Crippen LogP contribution < -0.4 is 0 Å². The van der Waals surface area contributed by atoms with Crippen molar-refractivity contribution in [2.24, 2.45) is 0 Å². The largest absolute Gasteiger partial charge is 0.457 e. The molecule has 25 heavy (non-hydrogen) atoms. The van der Waals surface area contributed by atoms with Gasteiger partial charge in [-0.25, -0.2) is 0 Å². The number of nitrogens with zero attached hydrogens (tertiary/aromatic N) is 1.